The molecule has 0 saturated carbocycles. The number of nitrogens with one attached hydrogen (secondary N) is 1. The number of benzene rings is 2. The summed E-state index contributed by atoms with van der Waals surface area (Å²) in [5, 5.41) is 15.1. The van der Waals surface area contributed by atoms with Crippen LogP contribution in [-0.2, 0) is 19.4 Å². The van der Waals surface area contributed by atoms with Gasteiger partial charge in [0, 0.05) is 55.8 Å². The molecule has 0 amide bonds. The van der Waals surface area contributed by atoms with Gasteiger partial charge in [-0.1, -0.05) is 18.2 Å². The molecule has 4 aromatic rings. The van der Waals surface area contributed by atoms with E-state index in [-0.39, 0.29) is 0 Å². The van der Waals surface area contributed by atoms with Gasteiger partial charge < -0.3 is 24.8 Å². The van der Waals surface area contributed by atoms with E-state index in [9.17, 15) is 21.6 Å². The van der Waals surface area contributed by atoms with Crippen LogP contribution in [0.3, 0.4) is 0 Å². The highest BCUT2D eigenvalue weighted by Gasteiger charge is 2.38. The van der Waals surface area contributed by atoms with E-state index in [0.717, 1.165) is 69.1 Å². The predicted molar refractivity (Wildman–Crippen MR) is 174 cm³/mol. The number of sulfone groups is 1. The Labute approximate surface area is 276 Å². The zero-order valence-electron chi connectivity index (χ0n) is 26.7. The van der Waals surface area contributed by atoms with Crippen molar-refractivity contribution < 1.29 is 41.0 Å². The number of piperidine rings is 1. The van der Waals surface area contributed by atoms with Gasteiger partial charge in [0.2, 0.25) is 5.95 Å². The van der Waals surface area contributed by atoms with Crippen LogP contribution >= 0.6 is 0 Å². The number of hydrogen-bond donors (Lipinski definition) is 2. The number of alkyl halides is 3. The van der Waals surface area contributed by atoms with Gasteiger partial charge in [-0.15, -0.1) is 5.10 Å². The van der Waals surface area contributed by atoms with Gasteiger partial charge in [-0.05, 0) is 49.6 Å². The van der Waals surface area contributed by atoms with E-state index in [0.29, 0.717) is 39.5 Å². The molecule has 0 unspecified atom stereocenters. The lowest BCUT2D eigenvalue weighted by Gasteiger charge is -2.40. The van der Waals surface area contributed by atoms with E-state index in [1.807, 2.05) is 30.3 Å². The molecule has 48 heavy (non-hydrogen) atoms. The summed E-state index contributed by atoms with van der Waals surface area (Å²) in [4.78, 5) is 18.7. The third-order valence-corrected chi connectivity index (χ3v) is 9.61. The maximum Gasteiger partial charge on any atom is 0.490 e. The molecule has 2 fully saturated rings. The summed E-state index contributed by atoms with van der Waals surface area (Å²) in [6.07, 6.45) is 0.141. The second-order valence-electron chi connectivity index (χ2n) is 11.5. The molecule has 0 aliphatic carbocycles. The van der Waals surface area contributed by atoms with Crippen molar-refractivity contribution in [2.45, 2.75) is 36.9 Å². The molecule has 2 aromatic carbocycles. The van der Waals surface area contributed by atoms with Crippen molar-refractivity contribution in [1.82, 2.24) is 19.5 Å². The highest BCUT2D eigenvalue weighted by atomic mass is 32.2. The van der Waals surface area contributed by atoms with Crippen LogP contribution in [0.5, 0.6) is 5.75 Å². The number of carboxylic acid groups (broad SMARTS) is 1. The summed E-state index contributed by atoms with van der Waals surface area (Å²) in [5.41, 5.74) is 4.62. The Morgan fingerprint density at radius 3 is 2.38 bits per heavy atom. The Kier molecular flexibility index (Phi) is 10.5. The zero-order chi connectivity index (χ0) is 34.6. The van der Waals surface area contributed by atoms with Gasteiger partial charge in [-0.25, -0.2) is 22.7 Å². The van der Waals surface area contributed by atoms with Gasteiger partial charge in [-0.3, -0.25) is 4.90 Å². The molecular formula is C32H37F3N6O6S. The molecule has 2 aliphatic rings. The van der Waals surface area contributed by atoms with Crippen LogP contribution in [0, 0.1) is 6.92 Å². The molecule has 2 saturated heterocycles. The van der Waals surface area contributed by atoms with Crippen molar-refractivity contribution >= 4 is 38.6 Å². The number of morpholine rings is 1. The van der Waals surface area contributed by atoms with Gasteiger partial charge in [-0.2, -0.15) is 13.2 Å². The maximum absolute atomic E-state index is 12.6. The van der Waals surface area contributed by atoms with Crippen molar-refractivity contribution in [1.29, 1.82) is 0 Å². The minimum absolute atomic E-state index is 0.305. The molecule has 16 heteroatoms. The second-order valence-corrected chi connectivity index (χ2v) is 13.5. The van der Waals surface area contributed by atoms with Crippen molar-refractivity contribution in [3.63, 3.8) is 0 Å². The van der Waals surface area contributed by atoms with E-state index in [4.69, 9.17) is 24.5 Å². The van der Waals surface area contributed by atoms with Crippen LogP contribution in [-0.4, -0.2) is 104 Å². The quantitative estimate of drug-likeness (QED) is 0.277. The molecule has 12 nitrogen and oxygen atoms in total. The van der Waals surface area contributed by atoms with Crippen LogP contribution in [0.2, 0.25) is 0 Å². The van der Waals surface area contributed by atoms with Gasteiger partial charge in [0.1, 0.15) is 5.75 Å². The molecule has 2 aromatic heterocycles. The number of hydrogen-bond acceptors (Lipinski definition) is 10. The molecule has 0 spiro atoms. The number of anilines is 3. The Morgan fingerprint density at radius 2 is 1.75 bits per heavy atom. The van der Waals surface area contributed by atoms with E-state index in [1.54, 1.807) is 30.8 Å². The van der Waals surface area contributed by atoms with Gasteiger partial charge in [0.15, 0.2) is 9.84 Å². The van der Waals surface area contributed by atoms with Gasteiger partial charge in [0.25, 0.3) is 0 Å². The average Bonchev–Trinajstić information content (AvgIpc) is 3.48. The molecule has 258 valence electrons. The van der Waals surface area contributed by atoms with E-state index < -0.39 is 22.0 Å². The number of rotatable bonds is 7. The van der Waals surface area contributed by atoms with Crippen LogP contribution in [0.1, 0.15) is 18.4 Å². The highest BCUT2D eigenvalue weighted by Crippen LogP contribution is 2.34. The third-order valence-electron chi connectivity index (χ3n) is 8.32. The maximum atomic E-state index is 12.6. The van der Waals surface area contributed by atoms with Gasteiger partial charge in [0.05, 0.1) is 48.3 Å². The van der Waals surface area contributed by atoms with Crippen molar-refractivity contribution in [3.05, 3.63) is 60.3 Å². The van der Waals surface area contributed by atoms with E-state index in [1.165, 1.54) is 6.26 Å². The lowest BCUT2D eigenvalue weighted by atomic mass is 10.0. The fourth-order valence-corrected chi connectivity index (χ4v) is 7.27. The fourth-order valence-electron chi connectivity index (χ4n) is 6.04. The topological polar surface area (TPSA) is 139 Å². The summed E-state index contributed by atoms with van der Waals surface area (Å²) in [7, 11) is -1.79. The lowest BCUT2D eigenvalue weighted by Crippen LogP contribution is -2.49. The predicted octanol–water partition coefficient (Wildman–Crippen LogP) is 4.79. The first kappa shape index (κ1) is 34.9. The number of aliphatic carboxylic acids is 1. The number of carbonyl (C=O) groups is 1. The summed E-state index contributed by atoms with van der Waals surface area (Å²) >= 11 is 0. The zero-order valence-corrected chi connectivity index (χ0v) is 27.5. The molecule has 2 aliphatic heterocycles. The largest absolute Gasteiger partial charge is 0.494 e. The first-order valence-corrected chi connectivity index (χ1v) is 17.1. The van der Waals surface area contributed by atoms with E-state index in [2.05, 4.69) is 32.2 Å². The number of fused-ring (bicyclic) bond motifs is 1. The number of carboxylic acids is 1. The minimum Gasteiger partial charge on any atom is -0.494 e. The molecular weight excluding hydrogens is 653 g/mol. The first-order valence-electron chi connectivity index (χ1n) is 15.2. The number of methoxy groups -OCH3 is 1. The first-order chi connectivity index (χ1) is 22.8. The normalized spacial score (nSPS) is 16.3. The standard InChI is InChI=1S/C30H36N6O4S.C2HF3O2/c1-21-5-4-6-25(29(21)41(3,37)38)27-10-8-24-20-31-30(33-36(24)27)32-26-9-7-23(19-28(26)39-2)34-13-11-22(12-14-34)35-15-17-40-18-16-35;3-2(4,5)1(6)7/h4-10,19-20,22H,11-18H2,1-3H3,(H,32,33);(H,6,7). The monoisotopic (exact) mass is 690 g/mol. The molecule has 4 heterocycles. The Bertz CT molecular complexity index is 1870. The van der Waals surface area contributed by atoms with Crippen molar-refractivity contribution in [3.8, 4) is 17.0 Å². The number of halogens is 3. The molecule has 0 bridgehead atoms. The highest BCUT2D eigenvalue weighted by molar-refractivity contribution is 7.90. The lowest BCUT2D eigenvalue weighted by molar-refractivity contribution is -0.192. The summed E-state index contributed by atoms with van der Waals surface area (Å²) in [6.45, 7) is 7.54. The number of aromatic nitrogens is 3. The number of ether oxygens (including phenoxy) is 2. The average molecular weight is 691 g/mol. The van der Waals surface area contributed by atoms with Crippen LogP contribution in [0.4, 0.5) is 30.5 Å². The molecule has 0 atom stereocenters. The number of nitrogens with zero attached hydrogens (tertiary/aromatic N) is 5. The Hall–Kier alpha value is -4.41. The molecule has 6 rings (SSSR count). The smallest absolute Gasteiger partial charge is 0.490 e. The summed E-state index contributed by atoms with van der Waals surface area (Å²) in [5.74, 6) is -1.68. The Morgan fingerprint density at radius 1 is 1.06 bits per heavy atom. The van der Waals surface area contributed by atoms with Gasteiger partial charge >= 0.3 is 12.1 Å². The molecule has 2 N–H and O–H groups in total. The fraction of sp³-hybridized carbons (Fsp3) is 0.406. The minimum atomic E-state index is -5.08. The second kappa shape index (κ2) is 14.4. The SMILES string of the molecule is COc1cc(N2CCC(N3CCOCC3)CC2)ccc1Nc1ncc2ccc(-c3cccc(C)c3S(C)(=O)=O)n2n1.O=C(O)C(F)(F)F. The Balaban J connectivity index is 0.000000582. The van der Waals surface area contributed by atoms with Crippen LogP contribution < -0.4 is 15.0 Å². The summed E-state index contributed by atoms with van der Waals surface area (Å²) in [6, 6.07) is 16.0. The number of aryl methyl sites for hydroxylation is 1. The van der Waals surface area contributed by atoms with Crippen molar-refractivity contribution in [2.75, 3.05) is 63.0 Å². The van der Waals surface area contributed by atoms with Crippen molar-refractivity contribution in [2.24, 2.45) is 0 Å². The molecule has 0 radical (unpaired) electrons. The summed E-state index contributed by atoms with van der Waals surface area (Å²) < 4.78 is 70.0. The third kappa shape index (κ3) is 7.99. The van der Waals surface area contributed by atoms with Crippen LogP contribution in [0.15, 0.2) is 59.6 Å². The van der Waals surface area contributed by atoms with E-state index >= 15 is 0 Å². The van der Waals surface area contributed by atoms with Crippen LogP contribution in [0.25, 0.3) is 16.8 Å².